The average Bonchev–Trinajstić information content (AvgIpc) is 3.05. The van der Waals surface area contributed by atoms with E-state index in [-0.39, 0.29) is 0 Å². The molecule has 1 N–H and O–H groups in total. The quantitative estimate of drug-likeness (QED) is 0.913. The lowest BCUT2D eigenvalue weighted by molar-refractivity contribution is 0.872. The lowest BCUT2D eigenvalue weighted by atomic mass is 10.2. The van der Waals surface area contributed by atoms with Crippen LogP contribution in [0.1, 0.15) is 44.1 Å². The molecule has 2 rings (SSSR count). The first kappa shape index (κ1) is 10.9. The van der Waals surface area contributed by atoms with E-state index >= 15 is 0 Å². The largest absolute Gasteiger partial charge is 0.369 e. The third-order valence-electron chi connectivity index (χ3n) is 2.55. The van der Waals surface area contributed by atoms with E-state index in [1.54, 1.807) is 0 Å². The molecule has 15 heavy (non-hydrogen) atoms. The van der Waals surface area contributed by atoms with Crippen molar-refractivity contribution in [2.45, 2.75) is 39.0 Å². The molecule has 0 aromatic carbocycles. The summed E-state index contributed by atoms with van der Waals surface area (Å²) in [5.41, 5.74) is 1.19. The van der Waals surface area contributed by atoms with Gasteiger partial charge in [0.15, 0.2) is 0 Å². The molecule has 1 fully saturated rings. The fourth-order valence-corrected chi connectivity index (χ4v) is 2.22. The van der Waals surface area contributed by atoms with Gasteiger partial charge in [-0.05, 0) is 35.7 Å². The number of hydrogen-bond donors (Lipinski definition) is 1. The molecule has 0 atom stereocenters. The zero-order valence-electron chi connectivity index (χ0n) is 9.18. The molecule has 0 bridgehead atoms. The number of nitrogens with one attached hydrogen (secondary N) is 1. The highest BCUT2D eigenvalue weighted by Gasteiger charge is 2.29. The second-order valence-electron chi connectivity index (χ2n) is 3.85. The van der Waals surface area contributed by atoms with Crippen LogP contribution in [0.4, 0.5) is 5.82 Å². The van der Waals surface area contributed by atoms with Crippen molar-refractivity contribution in [3.8, 4) is 0 Å². The van der Waals surface area contributed by atoms with E-state index in [0.717, 1.165) is 29.1 Å². The van der Waals surface area contributed by atoms with Crippen LogP contribution in [0.15, 0.2) is 4.47 Å². The fourth-order valence-electron chi connectivity index (χ4n) is 1.58. The molecule has 1 aliphatic rings. The number of halogens is 1. The zero-order valence-corrected chi connectivity index (χ0v) is 10.8. The second-order valence-corrected chi connectivity index (χ2v) is 4.64. The van der Waals surface area contributed by atoms with Gasteiger partial charge in [-0.2, -0.15) is 0 Å². The summed E-state index contributed by atoms with van der Waals surface area (Å²) >= 11 is 3.60. The van der Waals surface area contributed by atoms with E-state index in [4.69, 9.17) is 0 Å². The number of nitrogens with zero attached hydrogens (tertiary/aromatic N) is 2. The van der Waals surface area contributed by atoms with Crippen molar-refractivity contribution in [1.82, 2.24) is 9.97 Å². The summed E-state index contributed by atoms with van der Waals surface area (Å²) in [6.45, 7) is 5.06. The molecule has 0 aliphatic heterocycles. The normalized spacial score (nSPS) is 15.4. The molecule has 3 nitrogen and oxygen atoms in total. The third-order valence-corrected chi connectivity index (χ3v) is 3.33. The molecule has 1 aromatic rings. The Balaban J connectivity index is 2.39. The summed E-state index contributed by atoms with van der Waals surface area (Å²) in [7, 11) is 0. The molecule has 4 heteroatoms. The van der Waals surface area contributed by atoms with Crippen molar-refractivity contribution >= 4 is 21.7 Å². The van der Waals surface area contributed by atoms with Gasteiger partial charge in [0.1, 0.15) is 11.6 Å². The number of rotatable bonds is 4. The van der Waals surface area contributed by atoms with Crippen LogP contribution in [0.25, 0.3) is 0 Å². The summed E-state index contributed by atoms with van der Waals surface area (Å²) in [6, 6.07) is 0. The standard InChI is InChI=1S/C11H16BrN3/c1-3-8-14-10(7-5-6-7)9(12)11(15-8)13-4-2/h7H,3-6H2,1-2H3,(H,13,14,15). The molecular weight excluding hydrogens is 254 g/mol. The Morgan fingerprint density at radius 1 is 1.33 bits per heavy atom. The van der Waals surface area contributed by atoms with Crippen LogP contribution >= 0.6 is 15.9 Å². The van der Waals surface area contributed by atoms with E-state index in [1.165, 1.54) is 18.5 Å². The number of anilines is 1. The van der Waals surface area contributed by atoms with Crippen molar-refractivity contribution in [3.63, 3.8) is 0 Å². The molecule has 1 saturated carbocycles. The molecule has 0 unspecified atom stereocenters. The van der Waals surface area contributed by atoms with E-state index in [2.05, 4.69) is 45.1 Å². The molecule has 82 valence electrons. The summed E-state index contributed by atoms with van der Waals surface area (Å²) in [6.07, 6.45) is 3.43. The molecule has 0 amide bonds. The lowest BCUT2D eigenvalue weighted by Crippen LogP contribution is -2.07. The van der Waals surface area contributed by atoms with Crippen LogP contribution in [-0.2, 0) is 6.42 Å². The number of aryl methyl sites for hydroxylation is 1. The minimum absolute atomic E-state index is 0.657. The van der Waals surface area contributed by atoms with E-state index < -0.39 is 0 Å². The monoisotopic (exact) mass is 269 g/mol. The second kappa shape index (κ2) is 4.47. The van der Waals surface area contributed by atoms with E-state index in [9.17, 15) is 0 Å². The zero-order chi connectivity index (χ0) is 10.8. The SMILES string of the molecule is CCNc1nc(CC)nc(C2CC2)c1Br. The Kier molecular flexibility index (Phi) is 3.24. The summed E-state index contributed by atoms with van der Waals surface area (Å²) in [4.78, 5) is 9.08. The predicted molar refractivity (Wildman–Crippen MR) is 65.2 cm³/mol. The maximum atomic E-state index is 4.60. The van der Waals surface area contributed by atoms with Gasteiger partial charge in [0.25, 0.3) is 0 Å². The van der Waals surface area contributed by atoms with Crippen molar-refractivity contribution < 1.29 is 0 Å². The Hall–Kier alpha value is -0.640. The highest BCUT2D eigenvalue weighted by atomic mass is 79.9. The maximum absolute atomic E-state index is 4.60. The highest BCUT2D eigenvalue weighted by Crippen LogP contribution is 2.43. The van der Waals surface area contributed by atoms with E-state index in [0.29, 0.717) is 5.92 Å². The summed E-state index contributed by atoms with van der Waals surface area (Å²) in [5.74, 6) is 2.55. The van der Waals surface area contributed by atoms with Crippen LogP contribution < -0.4 is 5.32 Å². The van der Waals surface area contributed by atoms with Gasteiger partial charge in [0, 0.05) is 18.9 Å². The highest BCUT2D eigenvalue weighted by molar-refractivity contribution is 9.10. The minimum atomic E-state index is 0.657. The van der Waals surface area contributed by atoms with Crippen molar-refractivity contribution in [2.24, 2.45) is 0 Å². The van der Waals surface area contributed by atoms with Crippen molar-refractivity contribution in [1.29, 1.82) is 0 Å². The first-order valence-corrected chi connectivity index (χ1v) is 6.35. The first-order chi connectivity index (χ1) is 7.26. The van der Waals surface area contributed by atoms with Crippen LogP contribution in [0.5, 0.6) is 0 Å². The lowest BCUT2D eigenvalue weighted by Gasteiger charge is -2.10. The first-order valence-electron chi connectivity index (χ1n) is 5.56. The Labute approximate surface area is 98.8 Å². The van der Waals surface area contributed by atoms with Crippen LogP contribution in [-0.4, -0.2) is 16.5 Å². The van der Waals surface area contributed by atoms with Gasteiger partial charge < -0.3 is 5.32 Å². The van der Waals surface area contributed by atoms with Gasteiger partial charge in [-0.3, -0.25) is 0 Å². The molecule has 1 heterocycles. The van der Waals surface area contributed by atoms with E-state index in [1.807, 2.05) is 0 Å². The van der Waals surface area contributed by atoms with Crippen molar-refractivity contribution in [3.05, 3.63) is 16.0 Å². The molecule has 1 aliphatic carbocycles. The van der Waals surface area contributed by atoms with Gasteiger partial charge in [-0.1, -0.05) is 6.92 Å². The summed E-state index contributed by atoms with van der Waals surface area (Å²) < 4.78 is 1.06. The molecule has 0 saturated heterocycles. The number of aromatic nitrogens is 2. The third kappa shape index (κ3) is 2.30. The molecule has 1 aromatic heterocycles. The predicted octanol–water partition coefficient (Wildman–Crippen LogP) is 3.11. The molecule has 0 spiro atoms. The topological polar surface area (TPSA) is 37.8 Å². The fraction of sp³-hybridized carbons (Fsp3) is 0.636. The average molecular weight is 270 g/mol. The van der Waals surface area contributed by atoms with Gasteiger partial charge in [-0.25, -0.2) is 9.97 Å². The Morgan fingerprint density at radius 3 is 2.60 bits per heavy atom. The van der Waals surface area contributed by atoms with Gasteiger partial charge in [0.2, 0.25) is 0 Å². The van der Waals surface area contributed by atoms with Crippen LogP contribution in [0.3, 0.4) is 0 Å². The summed E-state index contributed by atoms with van der Waals surface area (Å²) in [5, 5.41) is 3.28. The smallest absolute Gasteiger partial charge is 0.144 e. The van der Waals surface area contributed by atoms with Gasteiger partial charge in [-0.15, -0.1) is 0 Å². The van der Waals surface area contributed by atoms with Crippen LogP contribution in [0, 0.1) is 0 Å². The Bertz CT molecular complexity index is 361. The van der Waals surface area contributed by atoms with Crippen LogP contribution in [0.2, 0.25) is 0 Å². The molecule has 0 radical (unpaired) electrons. The van der Waals surface area contributed by atoms with Crippen molar-refractivity contribution in [2.75, 3.05) is 11.9 Å². The Morgan fingerprint density at radius 2 is 2.07 bits per heavy atom. The maximum Gasteiger partial charge on any atom is 0.144 e. The van der Waals surface area contributed by atoms with Gasteiger partial charge >= 0.3 is 0 Å². The molecular formula is C11H16BrN3. The minimum Gasteiger partial charge on any atom is -0.369 e. The number of hydrogen-bond acceptors (Lipinski definition) is 3. The van der Waals surface area contributed by atoms with Gasteiger partial charge in [0.05, 0.1) is 10.2 Å².